The molecule has 1 N–H and O–H groups in total. The highest BCUT2D eigenvalue weighted by Crippen LogP contribution is 2.32. The highest BCUT2D eigenvalue weighted by molar-refractivity contribution is 7.18. The fraction of sp³-hybridized carbons (Fsp3) is 0.455. The first-order valence-corrected chi connectivity index (χ1v) is 6.58. The predicted octanol–water partition coefficient (Wildman–Crippen LogP) is 0.816. The number of fused-ring (bicyclic) bond motifs is 3. The summed E-state index contributed by atoms with van der Waals surface area (Å²) in [5.41, 5.74) is 0.724. The number of thiophene rings is 1. The zero-order valence-corrected chi connectivity index (χ0v) is 10.4. The van der Waals surface area contributed by atoms with E-state index < -0.39 is 12.5 Å². The molecule has 0 radical (unpaired) electrons. The van der Waals surface area contributed by atoms with Gasteiger partial charge >= 0.3 is 5.97 Å². The number of aromatic nitrogens is 3. The van der Waals surface area contributed by atoms with Crippen LogP contribution in [-0.4, -0.2) is 26.1 Å². The van der Waals surface area contributed by atoms with E-state index in [2.05, 4.69) is 10.3 Å². The molecule has 0 saturated carbocycles. The Morgan fingerprint density at radius 1 is 1.39 bits per heavy atom. The number of carboxylic acids is 1. The van der Waals surface area contributed by atoms with Crippen LogP contribution in [0.1, 0.15) is 23.3 Å². The molecule has 94 valence electrons. The van der Waals surface area contributed by atoms with Crippen LogP contribution in [0.4, 0.5) is 0 Å². The van der Waals surface area contributed by atoms with E-state index in [1.54, 1.807) is 0 Å². The number of nitrogens with zero attached hydrogens (tertiary/aromatic N) is 3. The number of aliphatic carboxylic acids is 1. The van der Waals surface area contributed by atoms with Crippen molar-refractivity contribution in [2.45, 2.75) is 32.2 Å². The van der Waals surface area contributed by atoms with Crippen molar-refractivity contribution in [3.8, 4) is 0 Å². The topological polar surface area (TPSA) is 85.1 Å². The van der Waals surface area contributed by atoms with E-state index >= 15 is 0 Å². The van der Waals surface area contributed by atoms with Crippen LogP contribution in [0.3, 0.4) is 0 Å². The molecular formula is C11H11N3O3S. The van der Waals surface area contributed by atoms with Gasteiger partial charge < -0.3 is 5.11 Å². The van der Waals surface area contributed by atoms with Crippen molar-refractivity contribution >= 4 is 27.5 Å². The summed E-state index contributed by atoms with van der Waals surface area (Å²) >= 11 is 1.51. The molecule has 18 heavy (non-hydrogen) atoms. The lowest BCUT2D eigenvalue weighted by atomic mass is 9.97. The minimum atomic E-state index is -1.09. The van der Waals surface area contributed by atoms with Gasteiger partial charge in [0.25, 0.3) is 5.56 Å². The number of aryl methyl sites for hydroxylation is 2. The van der Waals surface area contributed by atoms with E-state index in [-0.39, 0.29) is 5.56 Å². The summed E-state index contributed by atoms with van der Waals surface area (Å²) in [7, 11) is 0. The van der Waals surface area contributed by atoms with Gasteiger partial charge in [-0.1, -0.05) is 5.21 Å². The van der Waals surface area contributed by atoms with E-state index in [1.807, 2.05) is 0 Å². The average molecular weight is 265 g/mol. The van der Waals surface area contributed by atoms with Gasteiger partial charge in [0.05, 0.1) is 5.39 Å². The van der Waals surface area contributed by atoms with Crippen molar-refractivity contribution in [1.29, 1.82) is 0 Å². The lowest BCUT2D eigenvalue weighted by Crippen LogP contribution is -2.27. The number of hydrogen-bond donors (Lipinski definition) is 1. The van der Waals surface area contributed by atoms with Crippen molar-refractivity contribution in [1.82, 2.24) is 15.0 Å². The van der Waals surface area contributed by atoms with Gasteiger partial charge in [-0.05, 0) is 31.2 Å². The number of rotatable bonds is 2. The van der Waals surface area contributed by atoms with Crippen LogP contribution in [0.2, 0.25) is 0 Å². The number of carbonyl (C=O) groups is 1. The minimum Gasteiger partial charge on any atom is -0.480 e. The maximum Gasteiger partial charge on any atom is 0.325 e. The van der Waals surface area contributed by atoms with Crippen LogP contribution in [-0.2, 0) is 24.2 Å². The average Bonchev–Trinajstić information content (AvgIpc) is 2.71. The lowest BCUT2D eigenvalue weighted by molar-refractivity contribution is -0.138. The Labute approximate surface area is 106 Å². The largest absolute Gasteiger partial charge is 0.480 e. The van der Waals surface area contributed by atoms with Crippen LogP contribution in [0.15, 0.2) is 4.79 Å². The van der Waals surface area contributed by atoms with Gasteiger partial charge in [-0.15, -0.1) is 16.4 Å². The second-order valence-corrected chi connectivity index (χ2v) is 5.42. The molecule has 1 aliphatic carbocycles. The highest BCUT2D eigenvalue weighted by atomic mass is 32.1. The monoisotopic (exact) mass is 265 g/mol. The molecule has 3 rings (SSSR count). The van der Waals surface area contributed by atoms with Crippen molar-refractivity contribution in [2.24, 2.45) is 0 Å². The minimum absolute atomic E-state index is 0.332. The summed E-state index contributed by atoms with van der Waals surface area (Å²) in [6.45, 7) is -0.438. The Morgan fingerprint density at radius 3 is 2.94 bits per heavy atom. The van der Waals surface area contributed by atoms with Crippen LogP contribution in [0.25, 0.3) is 10.2 Å². The van der Waals surface area contributed by atoms with Crippen LogP contribution in [0, 0.1) is 0 Å². The summed E-state index contributed by atoms with van der Waals surface area (Å²) in [6, 6.07) is 0. The third kappa shape index (κ3) is 1.71. The van der Waals surface area contributed by atoms with Crippen LogP contribution < -0.4 is 5.56 Å². The van der Waals surface area contributed by atoms with Gasteiger partial charge in [-0.3, -0.25) is 9.59 Å². The Balaban J connectivity index is 2.24. The molecule has 6 nitrogen and oxygen atoms in total. The number of hydrogen-bond acceptors (Lipinski definition) is 5. The molecule has 0 saturated heterocycles. The molecule has 0 unspecified atom stereocenters. The third-order valence-corrected chi connectivity index (χ3v) is 4.31. The predicted molar refractivity (Wildman–Crippen MR) is 66.0 cm³/mol. The summed E-state index contributed by atoms with van der Waals surface area (Å²) in [5.74, 6) is -1.09. The molecule has 2 aromatic heterocycles. The fourth-order valence-electron chi connectivity index (χ4n) is 2.34. The van der Waals surface area contributed by atoms with Gasteiger partial charge in [-0.2, -0.15) is 4.68 Å². The smallest absolute Gasteiger partial charge is 0.325 e. The third-order valence-electron chi connectivity index (χ3n) is 3.13. The number of carboxylic acid groups (broad SMARTS) is 1. The Kier molecular flexibility index (Phi) is 2.62. The van der Waals surface area contributed by atoms with Gasteiger partial charge in [0, 0.05) is 4.88 Å². The molecule has 7 heteroatoms. The summed E-state index contributed by atoms with van der Waals surface area (Å²) in [5, 5.41) is 16.9. The normalized spacial score (nSPS) is 14.7. The molecule has 0 fully saturated rings. The van der Waals surface area contributed by atoms with Gasteiger partial charge in [0.1, 0.15) is 6.54 Å². The zero-order valence-electron chi connectivity index (χ0n) is 9.55. The summed E-state index contributed by atoms with van der Waals surface area (Å²) in [6.07, 6.45) is 4.06. The first-order chi connectivity index (χ1) is 8.66. The van der Waals surface area contributed by atoms with Crippen molar-refractivity contribution in [3.05, 3.63) is 20.8 Å². The van der Waals surface area contributed by atoms with E-state index in [1.165, 1.54) is 16.2 Å². The Morgan fingerprint density at radius 2 is 2.17 bits per heavy atom. The molecule has 2 heterocycles. The Hall–Kier alpha value is -1.76. The maximum absolute atomic E-state index is 12.2. The molecule has 0 spiro atoms. The standard InChI is InChI=1S/C11H11N3O3S/c15-8(16)5-14-11(17)9-6-3-1-2-4-7(6)18-10(9)12-13-14/h1-5H2,(H,15,16). The first-order valence-electron chi connectivity index (χ1n) is 5.76. The summed E-state index contributed by atoms with van der Waals surface area (Å²) in [4.78, 5) is 24.7. The molecule has 0 bridgehead atoms. The van der Waals surface area contributed by atoms with E-state index in [4.69, 9.17) is 5.11 Å². The second kappa shape index (κ2) is 4.16. The van der Waals surface area contributed by atoms with Crippen molar-refractivity contribution in [2.75, 3.05) is 0 Å². The second-order valence-electron chi connectivity index (χ2n) is 4.34. The quantitative estimate of drug-likeness (QED) is 0.868. The van der Waals surface area contributed by atoms with Crippen LogP contribution >= 0.6 is 11.3 Å². The van der Waals surface area contributed by atoms with Gasteiger partial charge in [0.2, 0.25) is 0 Å². The van der Waals surface area contributed by atoms with E-state index in [0.29, 0.717) is 10.2 Å². The molecule has 1 aliphatic rings. The fourth-order valence-corrected chi connectivity index (χ4v) is 3.54. The zero-order chi connectivity index (χ0) is 12.7. The van der Waals surface area contributed by atoms with E-state index in [9.17, 15) is 9.59 Å². The lowest BCUT2D eigenvalue weighted by Gasteiger charge is -2.09. The molecule has 2 aromatic rings. The Bertz CT molecular complexity index is 689. The molecular weight excluding hydrogens is 254 g/mol. The molecule has 0 atom stereocenters. The highest BCUT2D eigenvalue weighted by Gasteiger charge is 2.20. The molecule has 0 aliphatic heterocycles. The van der Waals surface area contributed by atoms with Crippen molar-refractivity contribution < 1.29 is 9.90 Å². The maximum atomic E-state index is 12.2. The van der Waals surface area contributed by atoms with Gasteiger partial charge in [0.15, 0.2) is 4.83 Å². The van der Waals surface area contributed by atoms with Crippen LogP contribution in [0.5, 0.6) is 0 Å². The summed E-state index contributed by atoms with van der Waals surface area (Å²) < 4.78 is 0.923. The SMILES string of the molecule is O=C(O)Cn1nnc2sc3c(c2c1=O)CCCC3. The van der Waals surface area contributed by atoms with Gasteiger partial charge in [-0.25, -0.2) is 0 Å². The van der Waals surface area contributed by atoms with E-state index in [0.717, 1.165) is 35.9 Å². The van der Waals surface area contributed by atoms with Crippen molar-refractivity contribution in [3.63, 3.8) is 0 Å². The molecule has 0 aromatic carbocycles. The first kappa shape index (κ1) is 11.3. The molecule has 0 amide bonds.